The molecule has 4 rings (SSSR count). The number of aromatic nitrogens is 1. The number of para-hydroxylation sites is 1. The Hall–Kier alpha value is -4.12. The molecule has 0 saturated carbocycles. The maximum atomic E-state index is 11.2. The molecule has 0 saturated heterocycles. The Kier molecular flexibility index (Phi) is 6.46. The average Bonchev–Trinajstić information content (AvgIpc) is 2.82. The van der Waals surface area contributed by atoms with Gasteiger partial charge in [-0.25, -0.2) is 4.98 Å². The molecule has 0 bridgehead atoms. The van der Waals surface area contributed by atoms with E-state index in [1.807, 2.05) is 84.9 Å². The van der Waals surface area contributed by atoms with E-state index in [0.29, 0.717) is 18.1 Å². The van der Waals surface area contributed by atoms with Gasteiger partial charge < -0.3 is 14.2 Å². The molecule has 5 nitrogen and oxygen atoms in total. The van der Waals surface area contributed by atoms with Crippen LogP contribution in [0.15, 0.2) is 78.9 Å². The van der Waals surface area contributed by atoms with Crippen LogP contribution in [0.3, 0.4) is 0 Å². The number of nitrogens with zero attached hydrogens (tertiary/aromatic N) is 1. The standard InChI is InChI=1S/C27H23NO4/c1-19(29)32-24-16-12-20(17-26(24)30-2)11-14-23-15-13-22-9-6-10-25(27(22)28-23)31-18-21-7-4-3-5-8-21/h3-17H,18H2,1-2H3. The molecule has 0 unspecified atom stereocenters. The van der Waals surface area contributed by atoms with Crippen molar-refractivity contribution in [3.8, 4) is 17.2 Å². The Bertz CT molecular complexity index is 1270. The number of carbonyl (C=O) groups excluding carboxylic acids is 1. The van der Waals surface area contributed by atoms with Gasteiger partial charge in [-0.2, -0.15) is 0 Å². The van der Waals surface area contributed by atoms with Gasteiger partial charge in [0.2, 0.25) is 0 Å². The molecule has 160 valence electrons. The first kappa shape index (κ1) is 21.1. The lowest BCUT2D eigenvalue weighted by Crippen LogP contribution is -2.02. The molecule has 5 heteroatoms. The van der Waals surface area contributed by atoms with Crippen molar-refractivity contribution in [1.82, 2.24) is 4.98 Å². The minimum Gasteiger partial charge on any atom is -0.493 e. The van der Waals surface area contributed by atoms with Crippen LogP contribution in [-0.2, 0) is 11.4 Å². The summed E-state index contributed by atoms with van der Waals surface area (Å²) in [6.45, 7) is 1.84. The molecule has 0 aliphatic rings. The molecule has 1 heterocycles. The summed E-state index contributed by atoms with van der Waals surface area (Å²) in [5.41, 5.74) is 3.62. The summed E-state index contributed by atoms with van der Waals surface area (Å²) in [4.78, 5) is 16.0. The first-order valence-corrected chi connectivity index (χ1v) is 10.2. The quantitative estimate of drug-likeness (QED) is 0.272. The molecular weight excluding hydrogens is 402 g/mol. The van der Waals surface area contributed by atoms with Gasteiger partial charge in [-0.05, 0) is 41.5 Å². The van der Waals surface area contributed by atoms with Crippen molar-refractivity contribution >= 4 is 29.0 Å². The fourth-order valence-electron chi connectivity index (χ4n) is 3.29. The second-order valence-corrected chi connectivity index (χ2v) is 7.18. The van der Waals surface area contributed by atoms with Crippen molar-refractivity contribution in [2.75, 3.05) is 7.11 Å². The van der Waals surface area contributed by atoms with E-state index in [0.717, 1.165) is 33.5 Å². The molecule has 0 N–H and O–H groups in total. The minimum atomic E-state index is -0.391. The van der Waals surface area contributed by atoms with Gasteiger partial charge in [-0.1, -0.05) is 60.7 Å². The van der Waals surface area contributed by atoms with Gasteiger partial charge in [0.1, 0.15) is 17.9 Å². The topological polar surface area (TPSA) is 57.6 Å². The molecule has 1 aromatic heterocycles. The van der Waals surface area contributed by atoms with Crippen molar-refractivity contribution in [2.24, 2.45) is 0 Å². The lowest BCUT2D eigenvalue weighted by atomic mass is 10.1. The van der Waals surface area contributed by atoms with Gasteiger partial charge in [-0.15, -0.1) is 0 Å². The number of esters is 1. The second-order valence-electron chi connectivity index (χ2n) is 7.18. The number of methoxy groups -OCH3 is 1. The molecule has 32 heavy (non-hydrogen) atoms. The molecule has 0 atom stereocenters. The minimum absolute atomic E-state index is 0.390. The SMILES string of the molecule is COc1cc(C=Cc2ccc3cccc(OCc4ccccc4)c3n2)ccc1OC(C)=O. The molecule has 0 spiro atoms. The van der Waals surface area contributed by atoms with Crippen molar-refractivity contribution < 1.29 is 19.0 Å². The van der Waals surface area contributed by atoms with Crippen LogP contribution in [0.2, 0.25) is 0 Å². The Labute approximate surface area is 186 Å². The lowest BCUT2D eigenvalue weighted by molar-refractivity contribution is -0.132. The highest BCUT2D eigenvalue weighted by atomic mass is 16.6. The summed E-state index contributed by atoms with van der Waals surface area (Å²) >= 11 is 0. The summed E-state index contributed by atoms with van der Waals surface area (Å²) in [6.07, 6.45) is 3.86. The fourth-order valence-corrected chi connectivity index (χ4v) is 3.29. The molecule has 3 aromatic carbocycles. The number of pyridine rings is 1. The largest absolute Gasteiger partial charge is 0.493 e. The highest BCUT2D eigenvalue weighted by Gasteiger charge is 2.08. The van der Waals surface area contributed by atoms with Crippen LogP contribution in [-0.4, -0.2) is 18.1 Å². The Morgan fingerprint density at radius 3 is 2.50 bits per heavy atom. The Morgan fingerprint density at radius 2 is 1.72 bits per heavy atom. The van der Waals surface area contributed by atoms with Crippen molar-refractivity contribution in [1.29, 1.82) is 0 Å². The maximum absolute atomic E-state index is 11.2. The fraction of sp³-hybridized carbons (Fsp3) is 0.111. The highest BCUT2D eigenvalue weighted by molar-refractivity contribution is 5.86. The predicted molar refractivity (Wildman–Crippen MR) is 126 cm³/mol. The van der Waals surface area contributed by atoms with Crippen LogP contribution in [0.1, 0.15) is 23.7 Å². The zero-order chi connectivity index (χ0) is 22.3. The molecule has 0 amide bonds. The number of fused-ring (bicyclic) bond motifs is 1. The molecule has 0 radical (unpaired) electrons. The molecule has 4 aromatic rings. The number of rotatable bonds is 7. The van der Waals surface area contributed by atoms with Crippen LogP contribution in [0.25, 0.3) is 23.1 Å². The molecule has 0 fully saturated rings. The lowest BCUT2D eigenvalue weighted by Gasteiger charge is -2.10. The van der Waals surface area contributed by atoms with Gasteiger partial charge in [0.15, 0.2) is 11.5 Å². The number of hydrogen-bond acceptors (Lipinski definition) is 5. The van der Waals surface area contributed by atoms with E-state index in [-0.39, 0.29) is 0 Å². The predicted octanol–water partition coefficient (Wildman–Crippen LogP) is 5.92. The van der Waals surface area contributed by atoms with Gasteiger partial charge >= 0.3 is 5.97 Å². The number of ether oxygens (including phenoxy) is 3. The second kappa shape index (κ2) is 9.79. The van der Waals surface area contributed by atoms with Gasteiger partial charge in [-0.3, -0.25) is 4.79 Å². The molecular formula is C27H23NO4. The molecule has 0 aliphatic heterocycles. The van der Waals surface area contributed by atoms with Gasteiger partial charge in [0.25, 0.3) is 0 Å². The first-order valence-electron chi connectivity index (χ1n) is 10.2. The van der Waals surface area contributed by atoms with E-state index < -0.39 is 5.97 Å². The van der Waals surface area contributed by atoms with E-state index in [1.165, 1.54) is 14.0 Å². The highest BCUT2D eigenvalue weighted by Crippen LogP contribution is 2.29. The summed E-state index contributed by atoms with van der Waals surface area (Å²) < 4.78 is 16.5. The van der Waals surface area contributed by atoms with Crippen molar-refractivity contribution in [3.63, 3.8) is 0 Å². The summed E-state index contributed by atoms with van der Waals surface area (Å²) in [5, 5.41) is 1.01. The Morgan fingerprint density at radius 1 is 0.875 bits per heavy atom. The third kappa shape index (κ3) is 5.13. The van der Waals surface area contributed by atoms with E-state index in [2.05, 4.69) is 0 Å². The maximum Gasteiger partial charge on any atom is 0.308 e. The van der Waals surface area contributed by atoms with E-state index in [9.17, 15) is 4.79 Å². The van der Waals surface area contributed by atoms with Gasteiger partial charge in [0, 0.05) is 12.3 Å². The monoisotopic (exact) mass is 425 g/mol. The van der Waals surface area contributed by atoms with Crippen LogP contribution < -0.4 is 14.2 Å². The molecule has 0 aliphatic carbocycles. The van der Waals surface area contributed by atoms with Crippen LogP contribution >= 0.6 is 0 Å². The number of benzene rings is 3. The zero-order valence-electron chi connectivity index (χ0n) is 17.9. The smallest absolute Gasteiger partial charge is 0.308 e. The van der Waals surface area contributed by atoms with Crippen LogP contribution in [0.5, 0.6) is 17.2 Å². The van der Waals surface area contributed by atoms with E-state index in [1.54, 1.807) is 6.07 Å². The average molecular weight is 425 g/mol. The number of hydrogen-bond donors (Lipinski definition) is 0. The summed E-state index contributed by atoms with van der Waals surface area (Å²) in [5.74, 6) is 1.23. The van der Waals surface area contributed by atoms with Crippen LogP contribution in [0.4, 0.5) is 0 Å². The normalized spacial score (nSPS) is 10.9. The summed E-state index contributed by atoms with van der Waals surface area (Å²) in [7, 11) is 1.54. The van der Waals surface area contributed by atoms with Crippen molar-refractivity contribution in [3.05, 3.63) is 95.7 Å². The zero-order valence-corrected chi connectivity index (χ0v) is 17.9. The third-order valence-electron chi connectivity index (χ3n) is 4.83. The summed E-state index contributed by atoms with van der Waals surface area (Å²) in [6, 6.07) is 25.3. The third-order valence-corrected chi connectivity index (χ3v) is 4.83. The van der Waals surface area contributed by atoms with Crippen molar-refractivity contribution in [2.45, 2.75) is 13.5 Å². The van der Waals surface area contributed by atoms with E-state index >= 15 is 0 Å². The first-order chi connectivity index (χ1) is 15.6. The van der Waals surface area contributed by atoms with Gasteiger partial charge in [0.05, 0.1) is 12.8 Å². The van der Waals surface area contributed by atoms with Crippen LogP contribution in [0, 0.1) is 0 Å². The number of carbonyl (C=O) groups is 1. The van der Waals surface area contributed by atoms with E-state index in [4.69, 9.17) is 19.2 Å². The Balaban J connectivity index is 1.57.